The molecule has 4 rings (SSSR count). The number of benzene rings is 1. The number of rotatable bonds is 9. The van der Waals surface area contributed by atoms with Gasteiger partial charge in [-0.05, 0) is 55.9 Å². The number of anilines is 1. The lowest BCUT2D eigenvalue weighted by Crippen LogP contribution is -2.45. The molecule has 3 saturated heterocycles. The third-order valence-corrected chi connectivity index (χ3v) is 7.60. The van der Waals surface area contributed by atoms with E-state index in [1.54, 1.807) is 4.90 Å². The average Bonchev–Trinajstić information content (AvgIpc) is 3.61. The van der Waals surface area contributed by atoms with E-state index in [1.165, 1.54) is 24.7 Å². The molecule has 0 spiro atoms. The molecular weight excluding hydrogens is 474 g/mol. The lowest BCUT2D eigenvalue weighted by molar-refractivity contribution is -0.137. The second-order valence-corrected chi connectivity index (χ2v) is 10.4. The molecule has 3 fully saturated rings. The normalized spacial score (nSPS) is 21.7. The van der Waals surface area contributed by atoms with Gasteiger partial charge in [0.15, 0.2) is 5.78 Å². The van der Waals surface area contributed by atoms with Crippen molar-refractivity contribution in [3.63, 3.8) is 0 Å². The maximum Gasteiger partial charge on any atom is 0.251 e. The Balaban J connectivity index is 1.21. The van der Waals surface area contributed by atoms with Crippen LogP contribution in [0.1, 0.15) is 56.3 Å². The highest BCUT2D eigenvalue weighted by Crippen LogP contribution is 2.31. The average molecular weight is 512 g/mol. The topological polar surface area (TPSA) is 119 Å². The van der Waals surface area contributed by atoms with Crippen molar-refractivity contribution in [3.8, 4) is 0 Å². The zero-order chi connectivity index (χ0) is 26.5. The van der Waals surface area contributed by atoms with Crippen LogP contribution in [0, 0.1) is 5.92 Å². The van der Waals surface area contributed by atoms with E-state index in [0.717, 1.165) is 18.8 Å². The molecule has 0 aromatic heterocycles. The third kappa shape index (κ3) is 6.29. The van der Waals surface area contributed by atoms with Gasteiger partial charge < -0.3 is 25.3 Å². The maximum atomic E-state index is 13.0. The minimum Gasteiger partial charge on any atom is -0.372 e. The van der Waals surface area contributed by atoms with Gasteiger partial charge in [-0.3, -0.25) is 24.0 Å². The molecule has 3 aliphatic rings. The molecule has 3 unspecified atom stereocenters. The van der Waals surface area contributed by atoms with Crippen LogP contribution >= 0.6 is 0 Å². The van der Waals surface area contributed by atoms with E-state index < -0.39 is 6.04 Å². The maximum absolute atomic E-state index is 13.0. The molecule has 4 amide bonds. The Kier molecular flexibility index (Phi) is 8.45. The van der Waals surface area contributed by atoms with Gasteiger partial charge in [-0.25, -0.2) is 0 Å². The first-order valence-electron chi connectivity index (χ1n) is 13.2. The van der Waals surface area contributed by atoms with Crippen molar-refractivity contribution in [1.29, 1.82) is 0 Å². The Morgan fingerprint density at radius 1 is 0.973 bits per heavy atom. The highest BCUT2D eigenvalue weighted by Gasteiger charge is 2.51. The highest BCUT2D eigenvalue weighted by atomic mass is 16.2. The Bertz CT molecular complexity index is 1040. The number of hydrogen-bond acceptors (Lipinski definition) is 6. The molecule has 0 aliphatic carbocycles. The van der Waals surface area contributed by atoms with Crippen LogP contribution in [0.5, 0.6) is 0 Å². The zero-order valence-electron chi connectivity index (χ0n) is 21.7. The summed E-state index contributed by atoms with van der Waals surface area (Å²) in [4.78, 5) is 67.2. The molecule has 0 radical (unpaired) electrons. The van der Waals surface area contributed by atoms with Crippen molar-refractivity contribution >= 4 is 35.1 Å². The van der Waals surface area contributed by atoms with Gasteiger partial charge in [0, 0.05) is 50.8 Å². The quantitative estimate of drug-likeness (QED) is 0.510. The monoisotopic (exact) mass is 511 g/mol. The van der Waals surface area contributed by atoms with E-state index in [-0.39, 0.29) is 60.9 Å². The standard InChI is InChI=1S/C27H37N5O5/c1-18(9-11-28-27(37)20-5-7-21(8-6-20)30-12-3-4-13-30)15-24(35)31-14-10-22-26(31)23(34)17-32(22)25(36)16-29-19(2)33/h5-8,18,22,26H,3-4,9-17H2,1-2H3,(H,28,37)(H,29,33). The number of ketones is 1. The summed E-state index contributed by atoms with van der Waals surface area (Å²) in [6.45, 7) is 6.12. The first-order valence-corrected chi connectivity index (χ1v) is 13.2. The van der Waals surface area contributed by atoms with Crippen LogP contribution in [0.3, 0.4) is 0 Å². The van der Waals surface area contributed by atoms with Crippen LogP contribution in [0.4, 0.5) is 5.69 Å². The van der Waals surface area contributed by atoms with Gasteiger partial charge in [0.25, 0.3) is 5.91 Å². The fourth-order valence-electron chi connectivity index (χ4n) is 5.57. The number of nitrogens with zero attached hydrogens (tertiary/aromatic N) is 3. The molecule has 3 atom stereocenters. The molecule has 0 saturated carbocycles. The van der Waals surface area contributed by atoms with Crippen LogP contribution < -0.4 is 15.5 Å². The highest BCUT2D eigenvalue weighted by molar-refractivity contribution is 5.98. The number of carbonyl (C=O) groups is 5. The van der Waals surface area contributed by atoms with Crippen molar-refractivity contribution in [1.82, 2.24) is 20.4 Å². The number of amides is 4. The fourth-order valence-corrected chi connectivity index (χ4v) is 5.57. The van der Waals surface area contributed by atoms with Crippen molar-refractivity contribution in [3.05, 3.63) is 29.8 Å². The minimum absolute atomic E-state index is 0.0263. The Morgan fingerprint density at radius 3 is 2.35 bits per heavy atom. The summed E-state index contributed by atoms with van der Waals surface area (Å²) < 4.78 is 0. The largest absolute Gasteiger partial charge is 0.372 e. The van der Waals surface area contributed by atoms with Crippen molar-refractivity contribution in [2.45, 2.75) is 58.0 Å². The first kappa shape index (κ1) is 26.6. The van der Waals surface area contributed by atoms with E-state index >= 15 is 0 Å². The summed E-state index contributed by atoms with van der Waals surface area (Å²) in [5.74, 6) is -0.955. The summed E-state index contributed by atoms with van der Waals surface area (Å²) in [6, 6.07) is 6.74. The van der Waals surface area contributed by atoms with Crippen LogP contribution in [-0.4, -0.2) is 90.6 Å². The summed E-state index contributed by atoms with van der Waals surface area (Å²) in [7, 11) is 0. The Hall–Kier alpha value is -3.43. The predicted octanol–water partition coefficient (Wildman–Crippen LogP) is 0.950. The van der Waals surface area contributed by atoms with E-state index in [4.69, 9.17) is 0 Å². The van der Waals surface area contributed by atoms with Crippen LogP contribution in [0.2, 0.25) is 0 Å². The summed E-state index contributed by atoms with van der Waals surface area (Å²) in [6.07, 6.45) is 3.87. The van der Waals surface area contributed by atoms with Gasteiger partial charge in [0.1, 0.15) is 6.04 Å². The van der Waals surface area contributed by atoms with Gasteiger partial charge in [0.2, 0.25) is 17.7 Å². The molecular formula is C27H37N5O5. The van der Waals surface area contributed by atoms with Gasteiger partial charge in [-0.2, -0.15) is 0 Å². The predicted molar refractivity (Wildman–Crippen MR) is 138 cm³/mol. The number of likely N-dealkylation sites (tertiary alicyclic amines) is 2. The van der Waals surface area contributed by atoms with Gasteiger partial charge >= 0.3 is 0 Å². The second kappa shape index (κ2) is 11.7. The van der Waals surface area contributed by atoms with E-state index in [0.29, 0.717) is 31.5 Å². The van der Waals surface area contributed by atoms with Crippen molar-refractivity contribution in [2.24, 2.45) is 5.92 Å². The number of nitrogens with one attached hydrogen (secondary N) is 2. The molecule has 10 heteroatoms. The molecule has 3 aliphatic heterocycles. The molecule has 37 heavy (non-hydrogen) atoms. The number of Topliss-reactive ketones (excluding diaryl/α,β-unsaturated/α-hetero) is 1. The van der Waals surface area contributed by atoms with E-state index in [9.17, 15) is 24.0 Å². The Morgan fingerprint density at radius 2 is 1.68 bits per heavy atom. The molecule has 10 nitrogen and oxygen atoms in total. The summed E-state index contributed by atoms with van der Waals surface area (Å²) in [5, 5.41) is 5.41. The molecule has 3 heterocycles. The Labute approximate surface area is 217 Å². The van der Waals surface area contributed by atoms with Crippen LogP contribution in [0.25, 0.3) is 0 Å². The minimum atomic E-state index is -0.607. The lowest BCUT2D eigenvalue weighted by atomic mass is 10.0. The van der Waals surface area contributed by atoms with Gasteiger partial charge in [-0.1, -0.05) is 6.92 Å². The van der Waals surface area contributed by atoms with Gasteiger partial charge in [0.05, 0.1) is 19.1 Å². The SMILES string of the molecule is CC(=O)NCC(=O)N1CC(=O)C2C1CCN2C(=O)CC(C)CCNC(=O)c1ccc(N2CCCC2)cc1. The molecule has 1 aromatic rings. The second-order valence-electron chi connectivity index (χ2n) is 10.4. The number of hydrogen-bond donors (Lipinski definition) is 2. The third-order valence-electron chi connectivity index (χ3n) is 7.60. The van der Waals surface area contributed by atoms with Crippen molar-refractivity contribution < 1.29 is 24.0 Å². The number of carbonyl (C=O) groups excluding carboxylic acids is 5. The molecule has 0 bridgehead atoms. The number of fused-ring (bicyclic) bond motifs is 1. The van der Waals surface area contributed by atoms with Crippen LogP contribution in [0.15, 0.2) is 24.3 Å². The molecule has 1 aromatic carbocycles. The molecule has 200 valence electrons. The molecule has 2 N–H and O–H groups in total. The summed E-state index contributed by atoms with van der Waals surface area (Å²) in [5.41, 5.74) is 1.76. The lowest BCUT2D eigenvalue weighted by Gasteiger charge is -2.25. The zero-order valence-corrected chi connectivity index (χ0v) is 21.7. The fraction of sp³-hybridized carbons (Fsp3) is 0.593. The first-order chi connectivity index (χ1) is 17.7. The van der Waals surface area contributed by atoms with Crippen molar-refractivity contribution in [2.75, 3.05) is 44.2 Å². The van der Waals surface area contributed by atoms with Crippen LogP contribution in [-0.2, 0) is 19.2 Å². The summed E-state index contributed by atoms with van der Waals surface area (Å²) >= 11 is 0. The van der Waals surface area contributed by atoms with E-state index in [2.05, 4.69) is 15.5 Å². The van der Waals surface area contributed by atoms with Gasteiger partial charge in [-0.15, -0.1) is 0 Å². The smallest absolute Gasteiger partial charge is 0.251 e. The van der Waals surface area contributed by atoms with E-state index in [1.807, 2.05) is 31.2 Å².